The molecule has 2 rings (SSSR count). The van der Waals surface area contributed by atoms with Crippen LogP contribution >= 0.6 is 11.8 Å². The Bertz CT molecular complexity index is 539. The summed E-state index contributed by atoms with van der Waals surface area (Å²) in [6.45, 7) is 7.17. The number of nitrogens with zero attached hydrogens (tertiary/aromatic N) is 2. The first-order valence-electron chi connectivity index (χ1n) is 7.48. The van der Waals surface area contributed by atoms with Gasteiger partial charge >= 0.3 is 0 Å². The van der Waals surface area contributed by atoms with Crippen molar-refractivity contribution in [1.82, 2.24) is 15.5 Å². The molecule has 0 aliphatic rings. The van der Waals surface area contributed by atoms with E-state index in [9.17, 15) is 0 Å². The Morgan fingerprint density at radius 2 is 1.95 bits per heavy atom. The van der Waals surface area contributed by atoms with E-state index in [4.69, 9.17) is 4.42 Å². The molecule has 0 bridgehead atoms. The van der Waals surface area contributed by atoms with Crippen LogP contribution in [0.2, 0.25) is 0 Å². The minimum absolute atomic E-state index is 0.299. The summed E-state index contributed by atoms with van der Waals surface area (Å²) >= 11 is 1.60. The van der Waals surface area contributed by atoms with E-state index in [0.29, 0.717) is 17.2 Å². The van der Waals surface area contributed by atoms with E-state index < -0.39 is 0 Å². The smallest absolute Gasteiger partial charge is 0.276 e. The van der Waals surface area contributed by atoms with Crippen molar-refractivity contribution in [3.8, 4) is 0 Å². The number of hydrogen-bond acceptors (Lipinski definition) is 5. The molecule has 1 aromatic heterocycles. The van der Waals surface area contributed by atoms with Crippen LogP contribution in [0.4, 0.5) is 0 Å². The molecule has 1 aromatic carbocycles. The molecule has 0 amide bonds. The fourth-order valence-electron chi connectivity index (χ4n) is 2.07. The van der Waals surface area contributed by atoms with Gasteiger partial charge in [-0.05, 0) is 30.5 Å². The molecule has 0 aliphatic carbocycles. The lowest BCUT2D eigenvalue weighted by Gasteiger charge is -2.18. The van der Waals surface area contributed by atoms with Crippen molar-refractivity contribution in [2.75, 3.05) is 12.3 Å². The number of nitrogens with one attached hydrogen (secondary N) is 1. The number of benzene rings is 1. The Balaban J connectivity index is 2.01. The van der Waals surface area contributed by atoms with Gasteiger partial charge < -0.3 is 9.73 Å². The topological polar surface area (TPSA) is 51.0 Å². The first-order valence-corrected chi connectivity index (χ1v) is 8.46. The third kappa shape index (κ3) is 4.86. The number of aryl methyl sites for hydroxylation is 2. The minimum atomic E-state index is 0.299. The van der Waals surface area contributed by atoms with Crippen LogP contribution in [-0.2, 0) is 6.42 Å². The van der Waals surface area contributed by atoms with Gasteiger partial charge in [0.15, 0.2) is 0 Å². The molecule has 1 unspecified atom stereocenters. The normalized spacial score (nSPS) is 12.5. The van der Waals surface area contributed by atoms with Crippen LogP contribution in [0.25, 0.3) is 0 Å². The van der Waals surface area contributed by atoms with Gasteiger partial charge in [0.2, 0.25) is 5.89 Å². The van der Waals surface area contributed by atoms with Crippen LogP contribution < -0.4 is 5.32 Å². The molecule has 0 saturated heterocycles. The summed E-state index contributed by atoms with van der Waals surface area (Å²) in [6.07, 6.45) is 2.19. The van der Waals surface area contributed by atoms with Gasteiger partial charge in [0.05, 0.1) is 0 Å². The monoisotopic (exact) mass is 305 g/mol. The molecule has 4 nitrogen and oxygen atoms in total. The summed E-state index contributed by atoms with van der Waals surface area (Å²) in [4.78, 5) is 0. The average molecular weight is 305 g/mol. The molecule has 1 heterocycles. The Morgan fingerprint density at radius 1 is 1.19 bits per heavy atom. The van der Waals surface area contributed by atoms with Crippen molar-refractivity contribution in [2.45, 2.75) is 44.9 Å². The summed E-state index contributed by atoms with van der Waals surface area (Å²) in [7, 11) is 0. The highest BCUT2D eigenvalue weighted by atomic mass is 32.2. The second-order valence-electron chi connectivity index (χ2n) is 5.00. The summed E-state index contributed by atoms with van der Waals surface area (Å²) in [5.74, 6) is 1.50. The van der Waals surface area contributed by atoms with Gasteiger partial charge in [0.25, 0.3) is 5.22 Å². The molecular weight excluding hydrogens is 282 g/mol. The molecule has 21 heavy (non-hydrogen) atoms. The zero-order valence-corrected chi connectivity index (χ0v) is 13.7. The molecule has 114 valence electrons. The van der Waals surface area contributed by atoms with Gasteiger partial charge in [0, 0.05) is 18.7 Å². The first kappa shape index (κ1) is 16.0. The Kier molecular flexibility index (Phi) is 6.26. The van der Waals surface area contributed by atoms with Gasteiger partial charge in [0.1, 0.15) is 0 Å². The molecule has 0 saturated carbocycles. The van der Waals surface area contributed by atoms with Crippen LogP contribution in [0.15, 0.2) is 33.9 Å². The molecule has 2 aromatic rings. The first-order chi connectivity index (χ1) is 10.2. The Labute approximate surface area is 130 Å². The second-order valence-corrected chi connectivity index (χ2v) is 5.97. The van der Waals surface area contributed by atoms with Crippen molar-refractivity contribution in [1.29, 1.82) is 0 Å². The van der Waals surface area contributed by atoms with Gasteiger partial charge in [-0.25, -0.2) is 0 Å². The lowest BCUT2D eigenvalue weighted by Crippen LogP contribution is -2.24. The maximum Gasteiger partial charge on any atom is 0.276 e. The largest absolute Gasteiger partial charge is 0.416 e. The Hall–Kier alpha value is -1.33. The summed E-state index contributed by atoms with van der Waals surface area (Å²) in [5, 5.41) is 12.1. The van der Waals surface area contributed by atoms with E-state index in [1.54, 1.807) is 11.8 Å². The summed E-state index contributed by atoms with van der Waals surface area (Å²) in [6, 6.07) is 9.14. The standard InChI is InChI=1S/C16H23N3OS/c1-4-10-17-15(11-21-16-19-18-12(3)20-16)14-8-6-13(5-2)7-9-14/h6-9,15,17H,4-5,10-11H2,1-3H3. The molecule has 0 spiro atoms. The SMILES string of the molecule is CCCNC(CSc1nnc(C)o1)c1ccc(CC)cc1. The van der Waals surface area contributed by atoms with E-state index in [0.717, 1.165) is 25.1 Å². The van der Waals surface area contributed by atoms with Crippen molar-refractivity contribution < 1.29 is 4.42 Å². The highest BCUT2D eigenvalue weighted by Gasteiger charge is 2.13. The highest BCUT2D eigenvalue weighted by Crippen LogP contribution is 2.24. The predicted molar refractivity (Wildman–Crippen MR) is 86.6 cm³/mol. The second kappa shape index (κ2) is 8.20. The predicted octanol–water partition coefficient (Wildman–Crippen LogP) is 3.77. The summed E-state index contributed by atoms with van der Waals surface area (Å²) in [5.41, 5.74) is 2.68. The lowest BCUT2D eigenvalue weighted by molar-refractivity contribution is 0.428. The van der Waals surface area contributed by atoms with E-state index in [1.165, 1.54) is 11.1 Å². The van der Waals surface area contributed by atoms with Crippen LogP contribution in [-0.4, -0.2) is 22.5 Å². The zero-order valence-electron chi connectivity index (χ0n) is 12.9. The van der Waals surface area contributed by atoms with Crippen molar-refractivity contribution in [3.05, 3.63) is 41.3 Å². The van der Waals surface area contributed by atoms with Crippen molar-refractivity contribution in [2.24, 2.45) is 0 Å². The zero-order chi connectivity index (χ0) is 15.1. The summed E-state index contributed by atoms with van der Waals surface area (Å²) < 4.78 is 5.42. The van der Waals surface area contributed by atoms with Crippen LogP contribution in [0.3, 0.4) is 0 Å². The van der Waals surface area contributed by atoms with E-state index >= 15 is 0 Å². The lowest BCUT2D eigenvalue weighted by atomic mass is 10.0. The number of rotatable bonds is 8. The van der Waals surface area contributed by atoms with Gasteiger partial charge in [-0.15, -0.1) is 10.2 Å². The number of hydrogen-bond donors (Lipinski definition) is 1. The van der Waals surface area contributed by atoms with Crippen molar-refractivity contribution >= 4 is 11.8 Å². The maximum atomic E-state index is 5.42. The maximum absolute atomic E-state index is 5.42. The molecule has 1 atom stereocenters. The van der Waals surface area contributed by atoms with E-state index in [-0.39, 0.29) is 0 Å². The van der Waals surface area contributed by atoms with Crippen LogP contribution in [0.5, 0.6) is 0 Å². The van der Waals surface area contributed by atoms with E-state index in [2.05, 4.69) is 53.6 Å². The third-order valence-corrected chi connectivity index (χ3v) is 4.22. The number of aromatic nitrogens is 2. The fourth-order valence-corrected chi connectivity index (χ4v) is 2.97. The average Bonchev–Trinajstić information content (AvgIpc) is 2.93. The molecule has 0 aliphatic heterocycles. The minimum Gasteiger partial charge on any atom is -0.416 e. The molecule has 5 heteroatoms. The van der Waals surface area contributed by atoms with Gasteiger partial charge in [-0.3, -0.25) is 0 Å². The molecule has 1 N–H and O–H groups in total. The van der Waals surface area contributed by atoms with Crippen LogP contribution in [0.1, 0.15) is 43.3 Å². The molecule has 0 fully saturated rings. The number of thioether (sulfide) groups is 1. The molecule has 0 radical (unpaired) electrons. The Morgan fingerprint density at radius 3 is 2.52 bits per heavy atom. The van der Waals surface area contributed by atoms with E-state index in [1.807, 2.05) is 6.92 Å². The van der Waals surface area contributed by atoms with Crippen molar-refractivity contribution in [3.63, 3.8) is 0 Å². The quantitative estimate of drug-likeness (QED) is 0.752. The van der Waals surface area contributed by atoms with Gasteiger partial charge in [-0.1, -0.05) is 49.9 Å². The molecular formula is C16H23N3OS. The third-order valence-electron chi connectivity index (χ3n) is 3.31. The fraction of sp³-hybridized carbons (Fsp3) is 0.500. The van der Waals surface area contributed by atoms with Gasteiger partial charge in [-0.2, -0.15) is 0 Å². The van der Waals surface area contributed by atoms with Crippen LogP contribution in [0, 0.1) is 6.92 Å². The highest BCUT2D eigenvalue weighted by molar-refractivity contribution is 7.99.